The van der Waals surface area contributed by atoms with E-state index in [9.17, 15) is 13.2 Å². The van der Waals surface area contributed by atoms with Crippen LogP contribution in [0.1, 0.15) is 32.4 Å². The zero-order valence-corrected chi connectivity index (χ0v) is 17.8. The fourth-order valence-corrected chi connectivity index (χ4v) is 4.64. The Labute approximate surface area is 171 Å². The Hall–Kier alpha value is -1.93. The highest BCUT2D eigenvalue weighted by atomic mass is 35.5. The van der Waals surface area contributed by atoms with Gasteiger partial charge < -0.3 is 10.6 Å². The smallest absolute Gasteiger partial charge is 0.243 e. The van der Waals surface area contributed by atoms with Gasteiger partial charge in [-0.1, -0.05) is 49.7 Å². The van der Waals surface area contributed by atoms with Crippen molar-refractivity contribution >= 4 is 33.2 Å². The monoisotopic (exact) mass is 423 g/mol. The molecule has 0 bridgehead atoms. The fourth-order valence-electron chi connectivity index (χ4n) is 2.83. The first-order valence-electron chi connectivity index (χ1n) is 9.17. The molecule has 0 saturated carbocycles. The Morgan fingerprint density at radius 1 is 1.11 bits per heavy atom. The lowest BCUT2D eigenvalue weighted by atomic mass is 10.1. The van der Waals surface area contributed by atoms with E-state index in [0.717, 1.165) is 5.56 Å². The number of carbonyl (C=O) groups excluding carboxylic acids is 1. The maximum atomic E-state index is 12.6. The summed E-state index contributed by atoms with van der Waals surface area (Å²) in [6, 6.07) is 13.6. The van der Waals surface area contributed by atoms with Gasteiger partial charge in [-0.25, -0.2) is 8.42 Å². The van der Waals surface area contributed by atoms with E-state index in [1.54, 1.807) is 32.0 Å². The number of sulfonamides is 1. The van der Waals surface area contributed by atoms with Gasteiger partial charge in [-0.05, 0) is 36.8 Å². The number of halogens is 1. The lowest BCUT2D eigenvalue weighted by Gasteiger charge is -2.19. The van der Waals surface area contributed by atoms with Crippen LogP contribution in [-0.2, 0) is 14.8 Å². The molecule has 0 aromatic heterocycles. The second-order valence-electron chi connectivity index (χ2n) is 6.29. The predicted molar refractivity (Wildman–Crippen MR) is 113 cm³/mol. The Morgan fingerprint density at radius 2 is 1.79 bits per heavy atom. The highest BCUT2D eigenvalue weighted by molar-refractivity contribution is 7.89. The zero-order chi connectivity index (χ0) is 20.7. The second kappa shape index (κ2) is 10.0. The van der Waals surface area contributed by atoms with Crippen LogP contribution < -0.4 is 10.6 Å². The van der Waals surface area contributed by atoms with Gasteiger partial charge in [0.1, 0.15) is 0 Å². The molecule has 1 unspecified atom stereocenters. The Morgan fingerprint density at radius 3 is 2.43 bits per heavy atom. The lowest BCUT2D eigenvalue weighted by Crippen LogP contribution is -2.31. The second-order valence-corrected chi connectivity index (χ2v) is 8.63. The van der Waals surface area contributed by atoms with E-state index in [1.807, 2.05) is 25.1 Å². The number of rotatable bonds is 9. The molecule has 0 radical (unpaired) electrons. The molecule has 8 heteroatoms. The SMILES string of the molecule is CCN(CC)S(=O)(=O)c1cccc(NC(=O)CNC(C)c2ccccc2Cl)c1. The van der Waals surface area contributed by atoms with Crippen LogP contribution in [0.2, 0.25) is 5.02 Å². The minimum atomic E-state index is -3.57. The number of hydrogen-bond donors (Lipinski definition) is 2. The van der Waals surface area contributed by atoms with Gasteiger partial charge in [-0.2, -0.15) is 4.31 Å². The maximum absolute atomic E-state index is 12.6. The molecule has 152 valence electrons. The van der Waals surface area contributed by atoms with Crippen LogP contribution in [0, 0.1) is 0 Å². The van der Waals surface area contributed by atoms with Crippen molar-refractivity contribution in [3.8, 4) is 0 Å². The highest BCUT2D eigenvalue weighted by Crippen LogP contribution is 2.22. The van der Waals surface area contributed by atoms with E-state index in [4.69, 9.17) is 11.6 Å². The molecule has 2 N–H and O–H groups in total. The first-order chi connectivity index (χ1) is 13.3. The van der Waals surface area contributed by atoms with Gasteiger partial charge in [0.05, 0.1) is 11.4 Å². The Kier molecular flexibility index (Phi) is 8.00. The number of nitrogens with one attached hydrogen (secondary N) is 2. The van der Waals surface area contributed by atoms with E-state index >= 15 is 0 Å². The number of nitrogens with zero attached hydrogens (tertiary/aromatic N) is 1. The van der Waals surface area contributed by atoms with Crippen molar-refractivity contribution in [3.05, 3.63) is 59.1 Å². The molecule has 0 heterocycles. The van der Waals surface area contributed by atoms with Crippen LogP contribution in [0.5, 0.6) is 0 Å². The zero-order valence-electron chi connectivity index (χ0n) is 16.3. The first-order valence-corrected chi connectivity index (χ1v) is 11.0. The molecule has 0 aliphatic carbocycles. The van der Waals surface area contributed by atoms with Crippen LogP contribution >= 0.6 is 11.6 Å². The molecule has 1 amide bonds. The molecule has 0 saturated heterocycles. The molecule has 0 aliphatic heterocycles. The standard InChI is InChI=1S/C20H26ClN3O3S/c1-4-24(5-2)28(26,27)17-10-8-9-16(13-17)23-20(25)14-22-15(3)18-11-6-7-12-19(18)21/h6-13,15,22H,4-5,14H2,1-3H3,(H,23,25). The third-order valence-electron chi connectivity index (χ3n) is 4.40. The van der Waals surface area contributed by atoms with Crippen molar-refractivity contribution in [1.29, 1.82) is 0 Å². The Bertz CT molecular complexity index is 914. The number of amides is 1. The maximum Gasteiger partial charge on any atom is 0.243 e. The third-order valence-corrected chi connectivity index (χ3v) is 6.79. The van der Waals surface area contributed by atoms with Gasteiger partial charge in [0.2, 0.25) is 15.9 Å². The Balaban J connectivity index is 2.02. The molecule has 0 spiro atoms. The quantitative estimate of drug-likeness (QED) is 0.645. The van der Waals surface area contributed by atoms with Crippen molar-refractivity contribution < 1.29 is 13.2 Å². The van der Waals surface area contributed by atoms with Crippen molar-refractivity contribution in [2.75, 3.05) is 25.0 Å². The summed E-state index contributed by atoms with van der Waals surface area (Å²) in [5.41, 5.74) is 1.34. The molecule has 6 nitrogen and oxygen atoms in total. The van der Waals surface area contributed by atoms with Crippen molar-refractivity contribution in [1.82, 2.24) is 9.62 Å². The van der Waals surface area contributed by atoms with E-state index in [1.165, 1.54) is 16.4 Å². The molecule has 0 aliphatic rings. The van der Waals surface area contributed by atoms with Gasteiger partial charge >= 0.3 is 0 Å². The average Bonchev–Trinajstić information content (AvgIpc) is 2.67. The number of carbonyl (C=O) groups is 1. The molecule has 0 fully saturated rings. The van der Waals surface area contributed by atoms with E-state index in [2.05, 4.69) is 10.6 Å². The summed E-state index contributed by atoms with van der Waals surface area (Å²) in [5.74, 6) is -0.267. The van der Waals surface area contributed by atoms with Gasteiger partial charge in [0.25, 0.3) is 0 Å². The average molecular weight is 424 g/mol. The van der Waals surface area contributed by atoms with Crippen LogP contribution in [0.25, 0.3) is 0 Å². The summed E-state index contributed by atoms with van der Waals surface area (Å²) < 4.78 is 26.6. The van der Waals surface area contributed by atoms with E-state index in [0.29, 0.717) is 23.8 Å². The van der Waals surface area contributed by atoms with Gasteiger partial charge in [0.15, 0.2) is 0 Å². The summed E-state index contributed by atoms with van der Waals surface area (Å²) in [4.78, 5) is 12.4. The highest BCUT2D eigenvalue weighted by Gasteiger charge is 2.21. The number of anilines is 1. The molecular formula is C20H26ClN3O3S. The summed E-state index contributed by atoms with van der Waals surface area (Å²) >= 11 is 6.17. The van der Waals surface area contributed by atoms with Crippen LogP contribution in [0.3, 0.4) is 0 Å². The summed E-state index contributed by atoms with van der Waals surface area (Å²) in [5, 5.41) is 6.49. The molecule has 2 aromatic rings. The molecule has 1 atom stereocenters. The van der Waals surface area contributed by atoms with Crippen molar-refractivity contribution in [2.45, 2.75) is 31.7 Å². The summed E-state index contributed by atoms with van der Waals surface area (Å²) in [6.07, 6.45) is 0. The predicted octanol–water partition coefficient (Wildman–Crippen LogP) is 3.66. The topological polar surface area (TPSA) is 78.5 Å². The first kappa shape index (κ1) is 22.4. The van der Waals surface area contributed by atoms with Gasteiger partial charge in [-0.15, -0.1) is 0 Å². The van der Waals surface area contributed by atoms with Gasteiger partial charge in [-0.3, -0.25) is 4.79 Å². The van der Waals surface area contributed by atoms with Crippen LogP contribution in [-0.4, -0.2) is 38.3 Å². The van der Waals surface area contributed by atoms with Crippen molar-refractivity contribution in [2.24, 2.45) is 0 Å². The summed E-state index contributed by atoms with van der Waals surface area (Å²) in [7, 11) is -3.57. The summed E-state index contributed by atoms with van der Waals surface area (Å²) in [6.45, 7) is 6.35. The lowest BCUT2D eigenvalue weighted by molar-refractivity contribution is -0.115. The molecule has 2 aromatic carbocycles. The minimum Gasteiger partial charge on any atom is -0.325 e. The fraction of sp³-hybridized carbons (Fsp3) is 0.350. The number of hydrogen-bond acceptors (Lipinski definition) is 4. The third kappa shape index (κ3) is 5.54. The largest absolute Gasteiger partial charge is 0.325 e. The molecular weight excluding hydrogens is 398 g/mol. The normalized spacial score (nSPS) is 12.8. The minimum absolute atomic E-state index is 0.0689. The van der Waals surface area contributed by atoms with Crippen molar-refractivity contribution in [3.63, 3.8) is 0 Å². The van der Waals surface area contributed by atoms with E-state index in [-0.39, 0.29) is 23.4 Å². The van der Waals surface area contributed by atoms with Crippen LogP contribution in [0.15, 0.2) is 53.4 Å². The molecule has 28 heavy (non-hydrogen) atoms. The van der Waals surface area contributed by atoms with E-state index < -0.39 is 10.0 Å². The molecule has 2 rings (SSSR count). The number of benzene rings is 2. The van der Waals surface area contributed by atoms with Gasteiger partial charge in [0, 0.05) is 29.8 Å². The van der Waals surface area contributed by atoms with Crippen LogP contribution in [0.4, 0.5) is 5.69 Å².